The third kappa shape index (κ3) is 7.84. The molecule has 0 aliphatic heterocycles. The van der Waals surface area contributed by atoms with Crippen LogP contribution in [0.4, 0.5) is 0 Å². The van der Waals surface area contributed by atoms with Crippen LogP contribution in [0.1, 0.15) is 72.6 Å². The Morgan fingerprint density at radius 1 is 0.800 bits per heavy atom. The first-order chi connectivity index (χ1) is 7.26. The Kier molecular flexibility index (Phi) is 10.4. The highest BCUT2D eigenvalue weighted by molar-refractivity contribution is 4.65. The largest absolute Gasteiger partial charge is 0.301 e. The van der Waals surface area contributed by atoms with Crippen LogP contribution >= 0.6 is 0 Å². The second-order valence-electron chi connectivity index (χ2n) is 4.71. The van der Waals surface area contributed by atoms with Gasteiger partial charge in [-0.3, -0.25) is 0 Å². The summed E-state index contributed by atoms with van der Waals surface area (Å²) in [4.78, 5) is 2.69. The van der Waals surface area contributed by atoms with Crippen molar-refractivity contribution in [1.82, 2.24) is 4.90 Å². The minimum Gasteiger partial charge on any atom is -0.301 e. The molecule has 0 bridgehead atoms. The van der Waals surface area contributed by atoms with Crippen molar-refractivity contribution in [2.24, 2.45) is 0 Å². The van der Waals surface area contributed by atoms with Gasteiger partial charge in [0.1, 0.15) is 0 Å². The van der Waals surface area contributed by atoms with Crippen molar-refractivity contribution in [2.75, 3.05) is 13.1 Å². The minimum atomic E-state index is 0.777. The SMILES string of the molecule is CCCCCN(CCCCC)C(C)CC. The molecule has 1 nitrogen and oxygen atoms in total. The molecule has 0 aromatic heterocycles. The maximum atomic E-state index is 2.69. The highest BCUT2D eigenvalue weighted by atomic mass is 15.1. The number of hydrogen-bond donors (Lipinski definition) is 0. The molecule has 0 N–H and O–H groups in total. The van der Waals surface area contributed by atoms with E-state index in [1.807, 2.05) is 0 Å². The molecule has 1 atom stereocenters. The molecule has 0 radical (unpaired) electrons. The summed E-state index contributed by atoms with van der Waals surface area (Å²) >= 11 is 0. The molecular formula is C14H31N. The van der Waals surface area contributed by atoms with Crippen LogP contribution in [-0.4, -0.2) is 24.0 Å². The molecule has 0 aliphatic carbocycles. The van der Waals surface area contributed by atoms with E-state index in [9.17, 15) is 0 Å². The molecule has 0 saturated carbocycles. The first kappa shape index (κ1) is 15.0. The average Bonchev–Trinajstić information content (AvgIpc) is 2.26. The summed E-state index contributed by atoms with van der Waals surface area (Å²) in [5.74, 6) is 0. The van der Waals surface area contributed by atoms with E-state index in [0.29, 0.717) is 0 Å². The van der Waals surface area contributed by atoms with Gasteiger partial charge < -0.3 is 4.90 Å². The molecule has 15 heavy (non-hydrogen) atoms. The fourth-order valence-electron chi connectivity index (χ4n) is 1.94. The van der Waals surface area contributed by atoms with Crippen LogP contribution in [-0.2, 0) is 0 Å². The zero-order valence-corrected chi connectivity index (χ0v) is 11.4. The first-order valence-corrected chi connectivity index (χ1v) is 7.00. The molecule has 0 fully saturated rings. The fraction of sp³-hybridized carbons (Fsp3) is 1.00. The zero-order valence-electron chi connectivity index (χ0n) is 11.4. The lowest BCUT2D eigenvalue weighted by molar-refractivity contribution is 0.196. The van der Waals surface area contributed by atoms with Gasteiger partial charge >= 0.3 is 0 Å². The molecule has 1 unspecified atom stereocenters. The Bertz CT molecular complexity index is 113. The van der Waals surface area contributed by atoms with Crippen molar-refractivity contribution < 1.29 is 0 Å². The van der Waals surface area contributed by atoms with E-state index in [2.05, 4.69) is 32.6 Å². The van der Waals surface area contributed by atoms with Crippen LogP contribution < -0.4 is 0 Å². The van der Waals surface area contributed by atoms with E-state index >= 15 is 0 Å². The van der Waals surface area contributed by atoms with Crippen LogP contribution in [0.3, 0.4) is 0 Å². The molecular weight excluding hydrogens is 182 g/mol. The Morgan fingerprint density at radius 2 is 1.27 bits per heavy atom. The smallest absolute Gasteiger partial charge is 0.00643 e. The van der Waals surface area contributed by atoms with Gasteiger partial charge in [0.25, 0.3) is 0 Å². The molecule has 0 amide bonds. The summed E-state index contributed by atoms with van der Waals surface area (Å²) in [5, 5.41) is 0. The lowest BCUT2D eigenvalue weighted by atomic mass is 10.1. The monoisotopic (exact) mass is 213 g/mol. The van der Waals surface area contributed by atoms with Crippen LogP contribution in [0.5, 0.6) is 0 Å². The summed E-state index contributed by atoms with van der Waals surface area (Å²) in [6, 6.07) is 0.777. The van der Waals surface area contributed by atoms with Gasteiger partial charge in [0, 0.05) is 6.04 Å². The Balaban J connectivity index is 3.73. The molecule has 92 valence electrons. The topological polar surface area (TPSA) is 3.24 Å². The van der Waals surface area contributed by atoms with Gasteiger partial charge in [0.15, 0.2) is 0 Å². The zero-order chi connectivity index (χ0) is 11.5. The number of hydrogen-bond acceptors (Lipinski definition) is 1. The van der Waals surface area contributed by atoms with Crippen molar-refractivity contribution in [3.63, 3.8) is 0 Å². The quantitative estimate of drug-likeness (QED) is 0.484. The van der Waals surface area contributed by atoms with Gasteiger partial charge in [-0.25, -0.2) is 0 Å². The highest BCUT2D eigenvalue weighted by Crippen LogP contribution is 2.09. The predicted molar refractivity (Wildman–Crippen MR) is 70.4 cm³/mol. The lowest BCUT2D eigenvalue weighted by Gasteiger charge is -2.28. The third-order valence-corrected chi connectivity index (χ3v) is 3.31. The Morgan fingerprint density at radius 3 is 1.60 bits per heavy atom. The first-order valence-electron chi connectivity index (χ1n) is 7.00. The number of rotatable bonds is 10. The van der Waals surface area contributed by atoms with Crippen LogP contribution in [0.15, 0.2) is 0 Å². The van der Waals surface area contributed by atoms with Crippen molar-refractivity contribution in [2.45, 2.75) is 78.7 Å². The van der Waals surface area contributed by atoms with E-state index in [-0.39, 0.29) is 0 Å². The second-order valence-corrected chi connectivity index (χ2v) is 4.71. The summed E-state index contributed by atoms with van der Waals surface area (Å²) in [6.45, 7) is 11.9. The molecule has 0 rings (SSSR count). The average molecular weight is 213 g/mol. The van der Waals surface area contributed by atoms with E-state index in [0.717, 1.165) is 6.04 Å². The van der Waals surface area contributed by atoms with Crippen molar-refractivity contribution in [1.29, 1.82) is 0 Å². The predicted octanol–water partition coefficient (Wildman–Crippen LogP) is 4.47. The van der Waals surface area contributed by atoms with Crippen molar-refractivity contribution >= 4 is 0 Å². The number of nitrogens with zero attached hydrogens (tertiary/aromatic N) is 1. The van der Waals surface area contributed by atoms with Crippen LogP contribution in [0, 0.1) is 0 Å². The summed E-state index contributed by atoms with van der Waals surface area (Å²) in [5.41, 5.74) is 0. The lowest BCUT2D eigenvalue weighted by Crippen LogP contribution is -2.34. The molecule has 1 heteroatoms. The summed E-state index contributed by atoms with van der Waals surface area (Å²) < 4.78 is 0. The van der Waals surface area contributed by atoms with Gasteiger partial charge in [0.05, 0.1) is 0 Å². The molecule has 0 heterocycles. The molecule has 0 aliphatic rings. The van der Waals surface area contributed by atoms with Crippen molar-refractivity contribution in [3.8, 4) is 0 Å². The van der Waals surface area contributed by atoms with Crippen molar-refractivity contribution in [3.05, 3.63) is 0 Å². The van der Waals surface area contributed by atoms with Gasteiger partial charge in [-0.1, -0.05) is 46.5 Å². The molecule has 0 aromatic rings. The van der Waals surface area contributed by atoms with Gasteiger partial charge in [-0.05, 0) is 39.3 Å². The summed E-state index contributed by atoms with van der Waals surface area (Å²) in [7, 11) is 0. The Labute approximate surface area is 97.2 Å². The highest BCUT2D eigenvalue weighted by Gasteiger charge is 2.10. The van der Waals surface area contributed by atoms with Gasteiger partial charge in [-0.15, -0.1) is 0 Å². The standard InChI is InChI=1S/C14H31N/c1-5-8-10-12-15(14(4)7-3)13-11-9-6-2/h14H,5-13H2,1-4H3. The van der Waals surface area contributed by atoms with E-state index in [1.165, 1.54) is 58.0 Å². The van der Waals surface area contributed by atoms with Crippen LogP contribution in [0.2, 0.25) is 0 Å². The third-order valence-electron chi connectivity index (χ3n) is 3.31. The van der Waals surface area contributed by atoms with E-state index in [1.54, 1.807) is 0 Å². The van der Waals surface area contributed by atoms with Crippen LogP contribution in [0.25, 0.3) is 0 Å². The maximum absolute atomic E-state index is 2.69. The Hall–Kier alpha value is -0.0400. The minimum absolute atomic E-state index is 0.777. The molecule has 0 saturated heterocycles. The molecule has 0 aromatic carbocycles. The van der Waals surface area contributed by atoms with E-state index in [4.69, 9.17) is 0 Å². The van der Waals surface area contributed by atoms with Gasteiger partial charge in [-0.2, -0.15) is 0 Å². The number of unbranched alkanes of at least 4 members (excludes halogenated alkanes) is 4. The van der Waals surface area contributed by atoms with Gasteiger partial charge in [0.2, 0.25) is 0 Å². The normalized spacial score (nSPS) is 13.4. The fourth-order valence-corrected chi connectivity index (χ4v) is 1.94. The van der Waals surface area contributed by atoms with E-state index < -0.39 is 0 Å². The second kappa shape index (κ2) is 10.5. The molecule has 0 spiro atoms. The maximum Gasteiger partial charge on any atom is 0.00643 e. The summed E-state index contributed by atoms with van der Waals surface area (Å²) in [6.07, 6.45) is 9.51.